The van der Waals surface area contributed by atoms with Crippen molar-refractivity contribution in [1.82, 2.24) is 20.3 Å². The van der Waals surface area contributed by atoms with Gasteiger partial charge in [0, 0.05) is 37.8 Å². The molecule has 0 saturated heterocycles. The summed E-state index contributed by atoms with van der Waals surface area (Å²) in [6.07, 6.45) is 3.37. The maximum Gasteiger partial charge on any atom is 0.251 e. The second-order valence-corrected chi connectivity index (χ2v) is 9.38. The lowest BCUT2D eigenvalue weighted by molar-refractivity contribution is 0.0511. The van der Waals surface area contributed by atoms with Crippen LogP contribution in [0, 0.1) is 5.82 Å². The summed E-state index contributed by atoms with van der Waals surface area (Å²) >= 11 is 0. The van der Waals surface area contributed by atoms with Crippen molar-refractivity contribution in [3.63, 3.8) is 0 Å². The van der Waals surface area contributed by atoms with Crippen LogP contribution in [-0.4, -0.2) is 66.4 Å². The Bertz CT molecular complexity index is 1190. The van der Waals surface area contributed by atoms with Crippen molar-refractivity contribution in [3.8, 4) is 0 Å². The van der Waals surface area contributed by atoms with E-state index in [0.717, 1.165) is 24.0 Å². The summed E-state index contributed by atoms with van der Waals surface area (Å²) in [6.45, 7) is 3.67. The lowest BCUT2D eigenvalue weighted by atomic mass is 9.93. The molecular weight excluding hydrogens is 515 g/mol. The van der Waals surface area contributed by atoms with Gasteiger partial charge in [0.2, 0.25) is 17.8 Å². The summed E-state index contributed by atoms with van der Waals surface area (Å²) in [5.74, 6) is 0.907. The van der Waals surface area contributed by atoms with E-state index in [4.69, 9.17) is 15.2 Å². The Morgan fingerprint density at radius 2 is 1.40 bits per heavy atom. The Balaban J connectivity index is 1.26. The molecule has 12 heteroatoms. The number of anilines is 3. The molecule has 4 rings (SSSR count). The number of hydrogen-bond acceptors (Lipinski definition) is 10. The molecule has 2 aromatic carbocycles. The summed E-state index contributed by atoms with van der Waals surface area (Å²) in [5.41, 5.74) is 7.80. The number of carbonyl (C=O) groups excluding carboxylic acids is 1. The Labute approximate surface area is 233 Å². The molecule has 0 radical (unpaired) electrons. The van der Waals surface area contributed by atoms with Crippen molar-refractivity contribution in [3.05, 3.63) is 71.0 Å². The van der Waals surface area contributed by atoms with Gasteiger partial charge in [-0.3, -0.25) is 4.79 Å². The third-order valence-electron chi connectivity index (χ3n) is 6.27. The lowest BCUT2D eigenvalue weighted by Crippen LogP contribution is -2.28. The molecule has 11 nitrogen and oxygen atoms in total. The van der Waals surface area contributed by atoms with Crippen LogP contribution in [0.2, 0.25) is 0 Å². The standard InChI is InChI=1S/C28H37FN8O3/c29-23-10-6-21(7-11-23)19-33-27-35-26(36-28(37-27)34-24-2-1-3-24)32-18-20-4-8-22(9-5-20)25(38)31-13-15-40-17-16-39-14-12-30/h4-11,24H,1-3,12-19,30H2,(H,31,38)(H3,32,33,34,35,36,37). The summed E-state index contributed by atoms with van der Waals surface area (Å²) in [7, 11) is 0. The molecule has 1 amide bonds. The molecule has 1 aromatic heterocycles. The molecule has 40 heavy (non-hydrogen) atoms. The van der Waals surface area contributed by atoms with E-state index >= 15 is 0 Å². The number of benzene rings is 2. The number of nitrogens with zero attached hydrogens (tertiary/aromatic N) is 3. The summed E-state index contributed by atoms with van der Waals surface area (Å²) in [5, 5.41) is 12.6. The molecule has 0 atom stereocenters. The van der Waals surface area contributed by atoms with E-state index in [2.05, 4.69) is 36.2 Å². The first-order chi connectivity index (χ1) is 19.6. The highest BCUT2D eigenvalue weighted by Gasteiger charge is 2.19. The van der Waals surface area contributed by atoms with Gasteiger partial charge in [-0.1, -0.05) is 24.3 Å². The van der Waals surface area contributed by atoms with Crippen LogP contribution in [0.15, 0.2) is 48.5 Å². The van der Waals surface area contributed by atoms with Gasteiger partial charge < -0.3 is 36.5 Å². The van der Waals surface area contributed by atoms with E-state index in [9.17, 15) is 9.18 Å². The van der Waals surface area contributed by atoms with Gasteiger partial charge in [0.1, 0.15) is 5.82 Å². The lowest BCUT2D eigenvalue weighted by Gasteiger charge is -2.26. The number of rotatable bonds is 17. The maximum absolute atomic E-state index is 13.2. The molecule has 3 aromatic rings. The second kappa shape index (κ2) is 15.7. The van der Waals surface area contributed by atoms with Crippen molar-refractivity contribution in [2.45, 2.75) is 38.4 Å². The van der Waals surface area contributed by atoms with Crippen molar-refractivity contribution in [2.24, 2.45) is 5.73 Å². The molecule has 1 heterocycles. The van der Waals surface area contributed by atoms with Crippen LogP contribution < -0.4 is 27.0 Å². The fourth-order valence-corrected chi connectivity index (χ4v) is 3.82. The Morgan fingerprint density at radius 3 is 1.98 bits per heavy atom. The zero-order valence-electron chi connectivity index (χ0n) is 22.5. The average molecular weight is 553 g/mol. The first-order valence-electron chi connectivity index (χ1n) is 13.6. The highest BCUT2D eigenvalue weighted by atomic mass is 19.1. The topological polar surface area (TPSA) is 148 Å². The zero-order chi connectivity index (χ0) is 28.0. The number of nitrogens with two attached hydrogens (primary N) is 1. The normalized spacial score (nSPS) is 12.9. The van der Waals surface area contributed by atoms with Gasteiger partial charge in [-0.05, 0) is 54.7 Å². The Morgan fingerprint density at radius 1 is 0.825 bits per heavy atom. The van der Waals surface area contributed by atoms with Gasteiger partial charge in [-0.15, -0.1) is 0 Å². The van der Waals surface area contributed by atoms with Gasteiger partial charge >= 0.3 is 0 Å². The quantitative estimate of drug-likeness (QED) is 0.158. The number of aromatic nitrogens is 3. The smallest absolute Gasteiger partial charge is 0.251 e. The molecule has 214 valence electrons. The molecule has 1 saturated carbocycles. The predicted octanol–water partition coefficient (Wildman–Crippen LogP) is 2.92. The molecule has 0 aliphatic heterocycles. The summed E-state index contributed by atoms with van der Waals surface area (Å²) in [4.78, 5) is 25.9. The SMILES string of the molecule is NCCOCCOCCNC(=O)c1ccc(CNc2nc(NCc3ccc(F)cc3)nc(NC3CCC3)n2)cc1. The minimum atomic E-state index is -0.276. The molecular formula is C28H37FN8O3. The van der Waals surface area contributed by atoms with E-state index < -0.39 is 0 Å². The van der Waals surface area contributed by atoms with Gasteiger partial charge in [0.05, 0.1) is 26.4 Å². The molecule has 0 unspecified atom stereocenters. The van der Waals surface area contributed by atoms with Crippen LogP contribution in [0.25, 0.3) is 0 Å². The number of carbonyl (C=O) groups is 1. The van der Waals surface area contributed by atoms with E-state index in [-0.39, 0.29) is 11.7 Å². The van der Waals surface area contributed by atoms with Crippen LogP contribution in [0.4, 0.5) is 22.2 Å². The van der Waals surface area contributed by atoms with Crippen molar-refractivity contribution < 1.29 is 18.7 Å². The summed E-state index contributed by atoms with van der Waals surface area (Å²) in [6, 6.07) is 14.0. The van der Waals surface area contributed by atoms with Crippen molar-refractivity contribution in [2.75, 3.05) is 55.5 Å². The van der Waals surface area contributed by atoms with Gasteiger partial charge in [-0.2, -0.15) is 15.0 Å². The monoisotopic (exact) mass is 552 g/mol. The number of hydrogen-bond donors (Lipinski definition) is 5. The molecule has 1 fully saturated rings. The van der Waals surface area contributed by atoms with Gasteiger partial charge in [0.15, 0.2) is 0 Å². The minimum Gasteiger partial charge on any atom is -0.378 e. The predicted molar refractivity (Wildman–Crippen MR) is 152 cm³/mol. The average Bonchev–Trinajstić information content (AvgIpc) is 2.95. The number of nitrogens with one attached hydrogen (secondary N) is 4. The first kappa shape index (κ1) is 29.1. The van der Waals surface area contributed by atoms with Gasteiger partial charge in [0.25, 0.3) is 5.91 Å². The Hall–Kier alpha value is -3.87. The fraction of sp³-hybridized carbons (Fsp3) is 0.429. The molecule has 0 spiro atoms. The van der Waals surface area contributed by atoms with E-state index in [1.165, 1.54) is 18.6 Å². The van der Waals surface area contributed by atoms with E-state index in [1.54, 1.807) is 24.3 Å². The van der Waals surface area contributed by atoms with Crippen LogP contribution in [0.5, 0.6) is 0 Å². The Kier molecular flexibility index (Phi) is 11.4. The fourth-order valence-electron chi connectivity index (χ4n) is 3.82. The second-order valence-electron chi connectivity index (χ2n) is 9.38. The third-order valence-corrected chi connectivity index (χ3v) is 6.27. The third kappa shape index (κ3) is 9.70. The number of ether oxygens (including phenoxy) is 2. The molecule has 1 aliphatic rings. The molecule has 6 N–H and O–H groups in total. The largest absolute Gasteiger partial charge is 0.378 e. The van der Waals surface area contributed by atoms with Gasteiger partial charge in [-0.25, -0.2) is 4.39 Å². The van der Waals surface area contributed by atoms with Crippen molar-refractivity contribution in [1.29, 1.82) is 0 Å². The van der Waals surface area contributed by atoms with Crippen molar-refractivity contribution >= 4 is 23.8 Å². The number of amides is 1. The van der Waals surface area contributed by atoms with Crippen LogP contribution >= 0.6 is 0 Å². The zero-order valence-corrected chi connectivity index (χ0v) is 22.5. The van der Waals surface area contributed by atoms with Crippen LogP contribution in [0.3, 0.4) is 0 Å². The van der Waals surface area contributed by atoms with E-state index in [0.29, 0.717) is 82.1 Å². The highest BCUT2D eigenvalue weighted by Crippen LogP contribution is 2.22. The summed E-state index contributed by atoms with van der Waals surface area (Å²) < 4.78 is 23.9. The minimum absolute atomic E-state index is 0.163. The molecule has 1 aliphatic carbocycles. The first-order valence-corrected chi connectivity index (χ1v) is 13.6. The maximum atomic E-state index is 13.2. The van der Waals surface area contributed by atoms with Crippen LogP contribution in [0.1, 0.15) is 40.7 Å². The molecule has 0 bridgehead atoms. The number of halogens is 1. The highest BCUT2D eigenvalue weighted by molar-refractivity contribution is 5.94. The van der Waals surface area contributed by atoms with E-state index in [1.807, 2.05) is 12.1 Å². The van der Waals surface area contributed by atoms with Crippen LogP contribution in [-0.2, 0) is 22.6 Å².